The molecule has 30 heavy (non-hydrogen) atoms. The first-order chi connectivity index (χ1) is 14.7. The zero-order chi connectivity index (χ0) is 20.1. The summed E-state index contributed by atoms with van der Waals surface area (Å²) in [6.07, 6.45) is 4.29. The lowest BCUT2D eigenvalue weighted by molar-refractivity contribution is -0.132. The highest BCUT2D eigenvalue weighted by atomic mass is 16.7. The number of fused-ring (bicyclic) bond motifs is 5. The van der Waals surface area contributed by atoms with Gasteiger partial charge in [0.15, 0.2) is 11.5 Å². The molecule has 152 valence electrons. The topological polar surface area (TPSA) is 55.7 Å². The summed E-state index contributed by atoms with van der Waals surface area (Å²) >= 11 is 0. The molecule has 3 aliphatic rings. The van der Waals surface area contributed by atoms with Crippen molar-refractivity contribution in [3.8, 4) is 17.2 Å². The number of hydrogen-bond donors (Lipinski definition) is 1. The Hall–Kier alpha value is -3.41. The van der Waals surface area contributed by atoms with Gasteiger partial charge < -0.3 is 24.3 Å². The molecule has 1 aromatic heterocycles. The molecular formula is C24H23N3O3. The fraction of sp³-hybridized carbons (Fsp3) is 0.292. The van der Waals surface area contributed by atoms with Crippen molar-refractivity contribution in [2.75, 3.05) is 25.2 Å². The first-order valence-electron chi connectivity index (χ1n) is 10.4. The highest BCUT2D eigenvalue weighted by molar-refractivity contribution is 5.79. The largest absolute Gasteiger partial charge is 0.454 e. The number of amides is 1. The number of hydrogen-bond acceptors (Lipinski definition) is 4. The molecule has 0 unspecified atom stereocenters. The Morgan fingerprint density at radius 2 is 1.83 bits per heavy atom. The number of ether oxygens (including phenoxy) is 2. The van der Waals surface area contributed by atoms with Crippen LogP contribution < -0.4 is 14.8 Å². The SMILES string of the molecule is O=C(Cc1ccc2c(c1)OCO2)N1CCC2(CC1)Nc1ccccc1-n1cccc12. The Balaban J connectivity index is 1.19. The molecule has 3 aliphatic heterocycles. The summed E-state index contributed by atoms with van der Waals surface area (Å²) in [6.45, 7) is 1.73. The Labute approximate surface area is 175 Å². The molecule has 1 saturated heterocycles. The molecule has 0 radical (unpaired) electrons. The molecule has 0 atom stereocenters. The van der Waals surface area contributed by atoms with Crippen molar-refractivity contribution >= 4 is 11.6 Å². The van der Waals surface area contributed by atoms with Crippen LogP contribution in [0.2, 0.25) is 0 Å². The molecule has 6 rings (SSSR count). The van der Waals surface area contributed by atoms with E-state index in [1.807, 2.05) is 23.1 Å². The molecule has 6 nitrogen and oxygen atoms in total. The highest BCUT2D eigenvalue weighted by Crippen LogP contribution is 2.43. The summed E-state index contributed by atoms with van der Waals surface area (Å²) in [4.78, 5) is 15.0. The zero-order valence-electron chi connectivity index (χ0n) is 16.6. The highest BCUT2D eigenvalue weighted by Gasteiger charge is 2.42. The molecule has 0 saturated carbocycles. The number of likely N-dealkylation sites (tertiary alicyclic amines) is 1. The number of carbonyl (C=O) groups is 1. The predicted molar refractivity (Wildman–Crippen MR) is 113 cm³/mol. The minimum atomic E-state index is -0.132. The van der Waals surface area contributed by atoms with Crippen LogP contribution in [-0.4, -0.2) is 35.3 Å². The normalized spacial score (nSPS) is 17.9. The molecular weight excluding hydrogens is 378 g/mol. The summed E-state index contributed by atoms with van der Waals surface area (Å²) in [7, 11) is 0. The number of rotatable bonds is 2. The molecule has 1 amide bonds. The van der Waals surface area contributed by atoms with Gasteiger partial charge in [-0.25, -0.2) is 0 Å². The number of nitrogens with one attached hydrogen (secondary N) is 1. The van der Waals surface area contributed by atoms with Crippen molar-refractivity contribution in [3.63, 3.8) is 0 Å². The first-order valence-corrected chi connectivity index (χ1v) is 10.4. The average Bonchev–Trinajstić information content (AvgIpc) is 3.44. The second-order valence-corrected chi connectivity index (χ2v) is 8.23. The lowest BCUT2D eigenvalue weighted by atomic mass is 9.82. The number of anilines is 1. The minimum absolute atomic E-state index is 0.132. The molecule has 4 heterocycles. The Morgan fingerprint density at radius 1 is 1.00 bits per heavy atom. The monoisotopic (exact) mass is 401 g/mol. The quantitative estimate of drug-likeness (QED) is 0.712. The summed E-state index contributed by atoms with van der Waals surface area (Å²) < 4.78 is 13.1. The van der Waals surface area contributed by atoms with Gasteiger partial charge in [0.05, 0.1) is 23.3 Å². The van der Waals surface area contributed by atoms with Gasteiger partial charge in [0, 0.05) is 25.0 Å². The van der Waals surface area contributed by atoms with Gasteiger partial charge in [-0.1, -0.05) is 18.2 Å². The van der Waals surface area contributed by atoms with E-state index in [0.717, 1.165) is 48.7 Å². The van der Waals surface area contributed by atoms with Gasteiger partial charge in [0.1, 0.15) is 0 Å². The number of para-hydroxylation sites is 2. The van der Waals surface area contributed by atoms with E-state index in [1.165, 1.54) is 11.4 Å². The molecule has 0 bridgehead atoms. The minimum Gasteiger partial charge on any atom is -0.454 e. The number of carbonyl (C=O) groups excluding carboxylic acids is 1. The van der Waals surface area contributed by atoms with Crippen molar-refractivity contribution in [2.24, 2.45) is 0 Å². The fourth-order valence-corrected chi connectivity index (χ4v) is 4.95. The zero-order valence-corrected chi connectivity index (χ0v) is 16.6. The van der Waals surface area contributed by atoms with Crippen LogP contribution in [-0.2, 0) is 16.8 Å². The maximum Gasteiger partial charge on any atom is 0.231 e. The summed E-state index contributed by atoms with van der Waals surface area (Å²) in [5.74, 6) is 1.64. The number of piperidine rings is 1. The van der Waals surface area contributed by atoms with Crippen LogP contribution in [0, 0.1) is 0 Å². The first kappa shape index (κ1) is 17.4. The van der Waals surface area contributed by atoms with Crippen molar-refractivity contribution in [3.05, 3.63) is 72.1 Å². The second-order valence-electron chi connectivity index (χ2n) is 8.23. The van der Waals surface area contributed by atoms with E-state index in [9.17, 15) is 4.79 Å². The van der Waals surface area contributed by atoms with Crippen LogP contribution in [0.5, 0.6) is 11.5 Å². The van der Waals surface area contributed by atoms with Gasteiger partial charge >= 0.3 is 0 Å². The standard InChI is InChI=1S/C24H23N3O3/c28-23(15-17-7-8-20-21(14-17)30-16-29-20)26-12-9-24(10-13-26)22-6-3-11-27(22)19-5-2-1-4-18(19)25-24/h1-8,11,14,25H,9-10,12-13,15-16H2. The molecule has 0 aliphatic carbocycles. The molecule has 3 aromatic rings. The summed E-state index contributed by atoms with van der Waals surface area (Å²) in [6, 6.07) is 18.5. The Kier molecular flexibility index (Phi) is 3.81. The Bertz CT molecular complexity index is 1130. The van der Waals surface area contributed by atoms with E-state index in [-0.39, 0.29) is 18.2 Å². The summed E-state index contributed by atoms with van der Waals surface area (Å²) in [5, 5.41) is 3.80. The fourth-order valence-electron chi connectivity index (χ4n) is 4.95. The molecule has 2 aromatic carbocycles. The third-order valence-corrected chi connectivity index (χ3v) is 6.54. The van der Waals surface area contributed by atoms with Gasteiger partial charge in [0.2, 0.25) is 12.7 Å². The second kappa shape index (κ2) is 6.55. The van der Waals surface area contributed by atoms with E-state index < -0.39 is 0 Å². The Morgan fingerprint density at radius 3 is 2.73 bits per heavy atom. The maximum atomic E-state index is 13.0. The van der Waals surface area contributed by atoms with E-state index >= 15 is 0 Å². The van der Waals surface area contributed by atoms with E-state index in [0.29, 0.717) is 6.42 Å². The third-order valence-electron chi connectivity index (χ3n) is 6.54. The van der Waals surface area contributed by atoms with Gasteiger partial charge in [-0.3, -0.25) is 4.79 Å². The van der Waals surface area contributed by atoms with Crippen molar-refractivity contribution < 1.29 is 14.3 Å². The van der Waals surface area contributed by atoms with Gasteiger partial charge in [-0.15, -0.1) is 0 Å². The maximum absolute atomic E-state index is 13.0. The van der Waals surface area contributed by atoms with Gasteiger partial charge in [0.25, 0.3) is 0 Å². The molecule has 1 spiro atoms. The lowest BCUT2D eigenvalue weighted by Gasteiger charge is -2.46. The van der Waals surface area contributed by atoms with Crippen LogP contribution in [0.25, 0.3) is 5.69 Å². The number of benzene rings is 2. The van der Waals surface area contributed by atoms with E-state index in [4.69, 9.17) is 9.47 Å². The number of aromatic nitrogens is 1. The van der Waals surface area contributed by atoms with Crippen molar-refractivity contribution in [2.45, 2.75) is 24.8 Å². The molecule has 1 N–H and O–H groups in total. The van der Waals surface area contributed by atoms with Crippen LogP contribution >= 0.6 is 0 Å². The van der Waals surface area contributed by atoms with E-state index in [2.05, 4.69) is 52.5 Å². The van der Waals surface area contributed by atoms with Crippen LogP contribution in [0.1, 0.15) is 24.1 Å². The van der Waals surface area contributed by atoms with Gasteiger partial charge in [-0.05, 0) is 54.8 Å². The van der Waals surface area contributed by atoms with E-state index in [1.54, 1.807) is 0 Å². The van der Waals surface area contributed by atoms with Crippen molar-refractivity contribution in [1.29, 1.82) is 0 Å². The van der Waals surface area contributed by atoms with Gasteiger partial charge in [-0.2, -0.15) is 0 Å². The molecule has 1 fully saturated rings. The van der Waals surface area contributed by atoms with Crippen LogP contribution in [0.4, 0.5) is 5.69 Å². The number of nitrogens with zero attached hydrogens (tertiary/aromatic N) is 2. The summed E-state index contributed by atoms with van der Waals surface area (Å²) in [5.41, 5.74) is 4.45. The van der Waals surface area contributed by atoms with Crippen molar-refractivity contribution in [1.82, 2.24) is 9.47 Å². The average molecular weight is 401 g/mol. The predicted octanol–water partition coefficient (Wildman–Crippen LogP) is 3.69. The lowest BCUT2D eigenvalue weighted by Crippen LogP contribution is -2.51. The molecule has 6 heteroatoms. The van der Waals surface area contributed by atoms with Crippen LogP contribution in [0.15, 0.2) is 60.8 Å². The smallest absolute Gasteiger partial charge is 0.231 e. The van der Waals surface area contributed by atoms with Crippen LogP contribution in [0.3, 0.4) is 0 Å². The third kappa shape index (κ3) is 2.67.